The van der Waals surface area contributed by atoms with Crippen LogP contribution in [0.4, 0.5) is 0 Å². The zero-order valence-corrected chi connectivity index (χ0v) is 17.7. The first-order chi connectivity index (χ1) is 14.7. The maximum atomic E-state index is 12.2. The summed E-state index contributed by atoms with van der Waals surface area (Å²) in [7, 11) is 1.61. The van der Waals surface area contributed by atoms with Crippen LogP contribution in [0.5, 0.6) is 11.5 Å². The number of hydrogen-bond donors (Lipinski definition) is 0. The summed E-state index contributed by atoms with van der Waals surface area (Å²) in [5.74, 6) is 1.41. The third kappa shape index (κ3) is 6.21. The molecule has 3 rings (SSSR count). The van der Waals surface area contributed by atoms with Gasteiger partial charge < -0.3 is 14.2 Å². The number of hydrogen-bond acceptors (Lipinski definition) is 5. The molecule has 0 saturated carbocycles. The van der Waals surface area contributed by atoms with Gasteiger partial charge in [-0.05, 0) is 54.5 Å². The fourth-order valence-corrected chi connectivity index (χ4v) is 3.16. The molecule has 2 aromatic rings. The van der Waals surface area contributed by atoms with Crippen LogP contribution in [0.1, 0.15) is 56.6 Å². The number of ether oxygens (including phenoxy) is 3. The van der Waals surface area contributed by atoms with E-state index in [1.54, 1.807) is 25.3 Å². The largest absolute Gasteiger partial charge is 0.497 e. The van der Waals surface area contributed by atoms with Crippen LogP contribution in [0.3, 0.4) is 0 Å². The van der Waals surface area contributed by atoms with E-state index in [-0.39, 0.29) is 5.70 Å². The Kier molecular flexibility index (Phi) is 8.07. The molecule has 0 fully saturated rings. The molecule has 0 radical (unpaired) electrons. The summed E-state index contributed by atoms with van der Waals surface area (Å²) in [5, 5.41) is 0. The molecular weight excluding hydrogens is 378 g/mol. The first-order valence-corrected chi connectivity index (χ1v) is 10.6. The average molecular weight is 408 g/mol. The van der Waals surface area contributed by atoms with E-state index in [9.17, 15) is 4.79 Å². The minimum Gasteiger partial charge on any atom is -0.497 e. The zero-order valence-electron chi connectivity index (χ0n) is 17.7. The van der Waals surface area contributed by atoms with Crippen LogP contribution in [0, 0.1) is 0 Å². The molecule has 158 valence electrons. The molecule has 1 aliphatic rings. The first-order valence-electron chi connectivity index (χ1n) is 10.6. The number of methoxy groups -OCH3 is 1. The van der Waals surface area contributed by atoms with Crippen molar-refractivity contribution in [1.29, 1.82) is 0 Å². The second-order valence-corrected chi connectivity index (χ2v) is 7.25. The Labute approximate surface area is 178 Å². The number of benzene rings is 2. The number of nitrogens with zero attached hydrogens (tertiary/aromatic N) is 1. The first kappa shape index (κ1) is 21.6. The normalized spacial score (nSPS) is 14.5. The molecule has 0 spiro atoms. The van der Waals surface area contributed by atoms with Crippen molar-refractivity contribution in [3.05, 3.63) is 65.4 Å². The van der Waals surface area contributed by atoms with E-state index in [1.807, 2.05) is 36.4 Å². The molecule has 1 aliphatic heterocycles. The number of cyclic esters (lactones) is 1. The molecule has 5 heteroatoms. The molecule has 1 heterocycles. The van der Waals surface area contributed by atoms with Gasteiger partial charge in [0.15, 0.2) is 5.70 Å². The summed E-state index contributed by atoms with van der Waals surface area (Å²) in [4.78, 5) is 16.5. The molecule has 2 aromatic carbocycles. The van der Waals surface area contributed by atoms with Gasteiger partial charge in [-0.25, -0.2) is 9.79 Å². The van der Waals surface area contributed by atoms with Crippen molar-refractivity contribution >= 4 is 17.9 Å². The lowest BCUT2D eigenvalue weighted by atomic mass is 10.1. The topological polar surface area (TPSA) is 57.1 Å². The van der Waals surface area contributed by atoms with Gasteiger partial charge in [-0.2, -0.15) is 0 Å². The Balaban J connectivity index is 1.54. The molecule has 0 N–H and O–H groups in total. The highest BCUT2D eigenvalue weighted by Crippen LogP contribution is 2.22. The van der Waals surface area contributed by atoms with Gasteiger partial charge in [0.1, 0.15) is 11.5 Å². The summed E-state index contributed by atoms with van der Waals surface area (Å²) >= 11 is 0. The number of unbranched alkanes of at least 4 members (excludes halogenated alkanes) is 5. The molecule has 0 saturated heterocycles. The molecule has 5 nitrogen and oxygen atoms in total. The van der Waals surface area contributed by atoms with Gasteiger partial charge in [-0.3, -0.25) is 0 Å². The van der Waals surface area contributed by atoms with E-state index >= 15 is 0 Å². The van der Waals surface area contributed by atoms with Crippen molar-refractivity contribution in [3.63, 3.8) is 0 Å². The Morgan fingerprint density at radius 2 is 1.57 bits per heavy atom. The highest BCUT2D eigenvalue weighted by atomic mass is 16.6. The highest BCUT2D eigenvalue weighted by Gasteiger charge is 2.24. The molecule has 0 atom stereocenters. The summed E-state index contributed by atoms with van der Waals surface area (Å²) in [6, 6.07) is 14.9. The second-order valence-electron chi connectivity index (χ2n) is 7.25. The predicted molar refractivity (Wildman–Crippen MR) is 119 cm³/mol. The molecule has 0 aromatic heterocycles. The monoisotopic (exact) mass is 407 g/mol. The molecule has 0 amide bonds. The van der Waals surface area contributed by atoms with E-state index < -0.39 is 5.97 Å². The average Bonchev–Trinajstić information content (AvgIpc) is 3.14. The summed E-state index contributed by atoms with van der Waals surface area (Å²) < 4.78 is 16.3. The SMILES string of the molecule is CCCCCCCCOc1ccc(/C=C2\N=C(c3ccc(OC)cc3)OC2=O)cc1. The van der Waals surface area contributed by atoms with E-state index in [0.29, 0.717) is 5.90 Å². The van der Waals surface area contributed by atoms with Gasteiger partial charge in [0.2, 0.25) is 5.90 Å². The van der Waals surface area contributed by atoms with Gasteiger partial charge in [0, 0.05) is 5.56 Å². The Morgan fingerprint density at radius 3 is 2.27 bits per heavy atom. The van der Waals surface area contributed by atoms with E-state index in [1.165, 1.54) is 32.1 Å². The summed E-state index contributed by atoms with van der Waals surface area (Å²) in [6.45, 7) is 2.96. The third-order valence-electron chi connectivity index (χ3n) is 4.91. The molecule has 30 heavy (non-hydrogen) atoms. The minimum absolute atomic E-state index is 0.279. The van der Waals surface area contributed by atoms with Crippen molar-refractivity contribution in [1.82, 2.24) is 0 Å². The highest BCUT2D eigenvalue weighted by molar-refractivity contribution is 6.12. The standard InChI is InChI=1S/C25H29NO4/c1-3-4-5-6-7-8-17-29-22-13-9-19(10-14-22)18-23-25(27)30-24(26-23)20-11-15-21(28-2)16-12-20/h9-16,18H,3-8,17H2,1-2H3/b23-18-. The van der Waals surface area contributed by atoms with Crippen molar-refractivity contribution in [3.8, 4) is 11.5 Å². The fraction of sp³-hybridized carbons (Fsp3) is 0.360. The maximum absolute atomic E-state index is 12.2. The van der Waals surface area contributed by atoms with Gasteiger partial charge in [0.25, 0.3) is 0 Å². The van der Waals surface area contributed by atoms with Crippen LogP contribution in [0.2, 0.25) is 0 Å². The van der Waals surface area contributed by atoms with Gasteiger partial charge in [-0.15, -0.1) is 0 Å². The van der Waals surface area contributed by atoms with Crippen LogP contribution in [-0.2, 0) is 9.53 Å². The second kappa shape index (κ2) is 11.2. The van der Waals surface area contributed by atoms with E-state index in [2.05, 4.69) is 11.9 Å². The number of aliphatic imine (C=N–C) groups is 1. The van der Waals surface area contributed by atoms with Crippen molar-refractivity contribution in [2.24, 2.45) is 4.99 Å². The van der Waals surface area contributed by atoms with Crippen molar-refractivity contribution in [2.45, 2.75) is 45.4 Å². The summed E-state index contributed by atoms with van der Waals surface area (Å²) in [6.07, 6.45) is 9.17. The lowest BCUT2D eigenvalue weighted by Gasteiger charge is -2.06. The zero-order chi connectivity index (χ0) is 21.2. The van der Waals surface area contributed by atoms with Crippen LogP contribution < -0.4 is 9.47 Å². The number of esters is 1. The fourth-order valence-electron chi connectivity index (χ4n) is 3.16. The van der Waals surface area contributed by atoms with Crippen LogP contribution in [0.15, 0.2) is 59.2 Å². The van der Waals surface area contributed by atoms with E-state index in [4.69, 9.17) is 14.2 Å². The lowest BCUT2D eigenvalue weighted by Crippen LogP contribution is -2.05. The van der Waals surface area contributed by atoms with Gasteiger partial charge in [0.05, 0.1) is 13.7 Å². The summed E-state index contributed by atoms with van der Waals surface area (Å²) in [5.41, 5.74) is 1.88. The Morgan fingerprint density at radius 1 is 0.900 bits per heavy atom. The van der Waals surface area contributed by atoms with Crippen LogP contribution >= 0.6 is 0 Å². The van der Waals surface area contributed by atoms with Crippen molar-refractivity contribution < 1.29 is 19.0 Å². The van der Waals surface area contributed by atoms with Crippen molar-refractivity contribution in [2.75, 3.05) is 13.7 Å². The van der Waals surface area contributed by atoms with E-state index in [0.717, 1.165) is 35.7 Å². The quantitative estimate of drug-likeness (QED) is 0.269. The minimum atomic E-state index is -0.454. The molecule has 0 unspecified atom stereocenters. The smallest absolute Gasteiger partial charge is 0.363 e. The molecule has 0 bridgehead atoms. The van der Waals surface area contributed by atoms with Crippen LogP contribution in [0.25, 0.3) is 6.08 Å². The number of carbonyl (C=O) groups excluding carboxylic acids is 1. The lowest BCUT2D eigenvalue weighted by molar-refractivity contribution is -0.129. The van der Waals surface area contributed by atoms with Crippen LogP contribution in [-0.4, -0.2) is 25.6 Å². The molecule has 0 aliphatic carbocycles. The number of carbonyl (C=O) groups is 1. The van der Waals surface area contributed by atoms with Gasteiger partial charge >= 0.3 is 5.97 Å². The third-order valence-corrected chi connectivity index (χ3v) is 4.91. The number of rotatable bonds is 11. The Bertz CT molecular complexity index is 882. The van der Waals surface area contributed by atoms with Gasteiger partial charge in [-0.1, -0.05) is 51.2 Å². The Hall–Kier alpha value is -3.08. The predicted octanol–water partition coefficient (Wildman–Crippen LogP) is 5.78. The molecular formula is C25H29NO4. The maximum Gasteiger partial charge on any atom is 0.363 e.